The molecule has 0 aromatic heterocycles. The minimum Gasteiger partial charge on any atom is -0.483 e. The monoisotopic (exact) mass is 604 g/mol. The maximum absolute atomic E-state index is 13.7. The van der Waals surface area contributed by atoms with Crippen molar-refractivity contribution < 1.29 is 14.3 Å². The Morgan fingerprint density at radius 2 is 1.76 bits per heavy atom. The molecule has 0 aliphatic heterocycles. The van der Waals surface area contributed by atoms with Crippen molar-refractivity contribution in [2.75, 3.05) is 13.2 Å². The highest BCUT2D eigenvalue weighted by molar-refractivity contribution is 9.10. The third-order valence-corrected chi connectivity index (χ3v) is 7.16. The van der Waals surface area contributed by atoms with E-state index in [0.717, 1.165) is 15.6 Å². The number of amides is 2. The molecule has 0 unspecified atom stereocenters. The van der Waals surface area contributed by atoms with Crippen molar-refractivity contribution in [3.63, 3.8) is 0 Å². The number of rotatable bonds is 11. The van der Waals surface area contributed by atoms with Crippen molar-refractivity contribution in [3.05, 3.63) is 97.9 Å². The summed E-state index contributed by atoms with van der Waals surface area (Å²) in [4.78, 5) is 28.4. The number of carbonyl (C=O) groups excluding carboxylic acids is 2. The summed E-state index contributed by atoms with van der Waals surface area (Å²) in [6.45, 7) is 6.40. The first-order valence-corrected chi connectivity index (χ1v) is 13.7. The fourth-order valence-corrected chi connectivity index (χ4v) is 4.87. The molecule has 5 nitrogen and oxygen atoms in total. The van der Waals surface area contributed by atoms with E-state index in [2.05, 4.69) is 35.1 Å². The molecular formula is C29H31BrCl2N2O3. The van der Waals surface area contributed by atoms with Crippen LogP contribution in [0.3, 0.4) is 0 Å². The average molecular weight is 606 g/mol. The number of benzene rings is 3. The molecule has 0 radical (unpaired) electrons. The third-order valence-electron chi connectivity index (χ3n) is 5.95. The van der Waals surface area contributed by atoms with Crippen LogP contribution in [0, 0.1) is 0 Å². The lowest BCUT2D eigenvalue weighted by Gasteiger charge is -2.31. The Labute approximate surface area is 237 Å². The maximum Gasteiger partial charge on any atom is 0.261 e. The van der Waals surface area contributed by atoms with Crippen molar-refractivity contribution in [2.24, 2.45) is 0 Å². The third kappa shape index (κ3) is 8.22. The van der Waals surface area contributed by atoms with E-state index in [4.69, 9.17) is 27.9 Å². The lowest BCUT2D eigenvalue weighted by molar-refractivity contribution is -0.142. The molecule has 3 aromatic carbocycles. The normalized spacial score (nSPS) is 11.8. The molecule has 0 spiro atoms. The zero-order valence-electron chi connectivity index (χ0n) is 21.1. The highest BCUT2D eigenvalue weighted by atomic mass is 79.9. The van der Waals surface area contributed by atoms with E-state index in [1.165, 1.54) is 4.90 Å². The lowest BCUT2D eigenvalue weighted by Crippen LogP contribution is -2.51. The Balaban J connectivity index is 1.91. The van der Waals surface area contributed by atoms with E-state index in [-0.39, 0.29) is 25.0 Å². The standard InChI is InChI=1S/C29H31BrCl2N2O3/c1-4-33-29(36)26(14-20-8-6-5-7-9-20)34(17-22-10-12-23(31)16-25(22)32)28(35)18-37-27-13-11-21(19(2)3)15-24(27)30/h5-13,15-16,19,26H,4,14,17-18H2,1-3H3,(H,33,36)/t26-/m1/s1. The molecule has 3 rings (SSSR count). The van der Waals surface area contributed by atoms with Gasteiger partial charge in [0.15, 0.2) is 6.61 Å². The molecule has 0 saturated heterocycles. The van der Waals surface area contributed by atoms with Crippen LogP contribution in [-0.4, -0.2) is 35.9 Å². The zero-order valence-corrected chi connectivity index (χ0v) is 24.2. The predicted octanol–water partition coefficient (Wildman–Crippen LogP) is 7.03. The van der Waals surface area contributed by atoms with Gasteiger partial charge in [0.05, 0.1) is 4.47 Å². The molecule has 0 aliphatic carbocycles. The number of nitrogens with one attached hydrogen (secondary N) is 1. The Bertz CT molecular complexity index is 1220. The molecule has 0 bridgehead atoms. The first-order chi connectivity index (χ1) is 17.7. The van der Waals surface area contributed by atoms with Gasteiger partial charge in [-0.15, -0.1) is 0 Å². The Hall–Kier alpha value is -2.54. The summed E-state index contributed by atoms with van der Waals surface area (Å²) in [5, 5.41) is 3.79. The van der Waals surface area contributed by atoms with Gasteiger partial charge in [-0.25, -0.2) is 0 Å². The average Bonchev–Trinajstić information content (AvgIpc) is 2.87. The van der Waals surface area contributed by atoms with Gasteiger partial charge >= 0.3 is 0 Å². The quantitative estimate of drug-likeness (QED) is 0.255. The van der Waals surface area contributed by atoms with E-state index in [1.54, 1.807) is 18.2 Å². The highest BCUT2D eigenvalue weighted by Crippen LogP contribution is 2.29. The second-order valence-corrected chi connectivity index (χ2v) is 10.7. The van der Waals surface area contributed by atoms with Crippen LogP contribution in [-0.2, 0) is 22.6 Å². The van der Waals surface area contributed by atoms with Gasteiger partial charge in [0.2, 0.25) is 5.91 Å². The highest BCUT2D eigenvalue weighted by Gasteiger charge is 2.31. The number of hydrogen-bond acceptors (Lipinski definition) is 3. The minimum absolute atomic E-state index is 0.125. The van der Waals surface area contributed by atoms with Crippen molar-refractivity contribution >= 4 is 50.9 Å². The van der Waals surface area contributed by atoms with Gasteiger partial charge in [-0.2, -0.15) is 0 Å². The predicted molar refractivity (Wildman–Crippen MR) is 153 cm³/mol. The number of ether oxygens (including phenoxy) is 1. The molecule has 1 atom stereocenters. The van der Waals surface area contributed by atoms with Gasteiger partial charge in [-0.1, -0.05) is 79.5 Å². The molecule has 1 N–H and O–H groups in total. The summed E-state index contributed by atoms with van der Waals surface area (Å²) in [5.74, 6) is 0.340. The van der Waals surface area contributed by atoms with Gasteiger partial charge in [0, 0.05) is 29.6 Å². The Kier molecular flexibility index (Phi) is 10.9. The van der Waals surface area contributed by atoms with E-state index < -0.39 is 6.04 Å². The van der Waals surface area contributed by atoms with Gasteiger partial charge in [-0.05, 0) is 69.7 Å². The summed E-state index contributed by atoms with van der Waals surface area (Å²) >= 11 is 16.1. The summed E-state index contributed by atoms with van der Waals surface area (Å²) in [6, 6.07) is 19.8. The number of carbonyl (C=O) groups is 2. The number of nitrogens with zero attached hydrogens (tertiary/aromatic N) is 1. The largest absolute Gasteiger partial charge is 0.483 e. The maximum atomic E-state index is 13.7. The van der Waals surface area contributed by atoms with Crippen LogP contribution in [0.2, 0.25) is 10.0 Å². The van der Waals surface area contributed by atoms with E-state index in [0.29, 0.717) is 40.2 Å². The zero-order chi connectivity index (χ0) is 26.9. The van der Waals surface area contributed by atoms with Gasteiger partial charge in [0.25, 0.3) is 5.91 Å². The van der Waals surface area contributed by atoms with Crippen molar-refractivity contribution in [2.45, 2.75) is 45.7 Å². The van der Waals surface area contributed by atoms with Crippen LogP contribution in [0.4, 0.5) is 0 Å². The van der Waals surface area contributed by atoms with Crippen LogP contribution < -0.4 is 10.1 Å². The second kappa shape index (κ2) is 13.8. The number of hydrogen-bond donors (Lipinski definition) is 1. The van der Waals surface area contributed by atoms with Crippen molar-refractivity contribution in [1.29, 1.82) is 0 Å². The van der Waals surface area contributed by atoms with Crippen LogP contribution in [0.1, 0.15) is 43.4 Å². The molecule has 3 aromatic rings. The van der Waals surface area contributed by atoms with Crippen LogP contribution in [0.15, 0.2) is 71.2 Å². The topological polar surface area (TPSA) is 58.6 Å². The first kappa shape index (κ1) is 29.0. The molecule has 8 heteroatoms. The lowest BCUT2D eigenvalue weighted by atomic mass is 10.0. The molecule has 2 amide bonds. The first-order valence-electron chi connectivity index (χ1n) is 12.2. The smallest absolute Gasteiger partial charge is 0.261 e. The fraction of sp³-hybridized carbons (Fsp3) is 0.310. The Morgan fingerprint density at radius 1 is 1.03 bits per heavy atom. The van der Waals surface area contributed by atoms with Gasteiger partial charge in [0.1, 0.15) is 11.8 Å². The van der Waals surface area contributed by atoms with E-state index >= 15 is 0 Å². The molecule has 0 aliphatic rings. The van der Waals surface area contributed by atoms with E-state index in [9.17, 15) is 9.59 Å². The summed E-state index contributed by atoms with van der Waals surface area (Å²) in [5.41, 5.74) is 2.78. The van der Waals surface area contributed by atoms with E-state index in [1.807, 2.05) is 55.5 Å². The van der Waals surface area contributed by atoms with Gasteiger partial charge in [-0.3, -0.25) is 9.59 Å². The number of likely N-dealkylation sites (N-methyl/N-ethyl adjacent to an activating group) is 1. The Morgan fingerprint density at radius 3 is 2.38 bits per heavy atom. The van der Waals surface area contributed by atoms with Crippen LogP contribution in [0.25, 0.3) is 0 Å². The van der Waals surface area contributed by atoms with Crippen LogP contribution >= 0.6 is 39.1 Å². The SMILES string of the molecule is CCNC(=O)[C@@H](Cc1ccccc1)N(Cc1ccc(Cl)cc1Cl)C(=O)COc1ccc(C(C)C)cc1Br. The molecule has 0 heterocycles. The summed E-state index contributed by atoms with van der Waals surface area (Å²) in [7, 11) is 0. The van der Waals surface area contributed by atoms with Crippen LogP contribution in [0.5, 0.6) is 5.75 Å². The molecule has 0 fully saturated rings. The minimum atomic E-state index is -0.767. The summed E-state index contributed by atoms with van der Waals surface area (Å²) in [6.07, 6.45) is 0.344. The fourth-order valence-electron chi connectivity index (χ4n) is 3.90. The molecule has 196 valence electrons. The molecule has 0 saturated carbocycles. The summed E-state index contributed by atoms with van der Waals surface area (Å²) < 4.78 is 6.68. The molecular weight excluding hydrogens is 575 g/mol. The van der Waals surface area contributed by atoms with Gasteiger partial charge < -0.3 is 15.0 Å². The molecule has 37 heavy (non-hydrogen) atoms. The van der Waals surface area contributed by atoms with Crippen molar-refractivity contribution in [1.82, 2.24) is 10.2 Å². The van der Waals surface area contributed by atoms with Crippen molar-refractivity contribution in [3.8, 4) is 5.75 Å². The second-order valence-electron chi connectivity index (χ2n) is 8.99. The number of halogens is 3.